The lowest BCUT2D eigenvalue weighted by Gasteiger charge is -2.34. The fourth-order valence-corrected chi connectivity index (χ4v) is 8.16. The largest absolute Gasteiger partial charge is 0.479 e. The number of nitrogens with one attached hydrogen (secondary N) is 7. The zero-order valence-electron chi connectivity index (χ0n) is 45.0. The average molecular weight is 1100 g/mol. The van der Waals surface area contributed by atoms with E-state index in [0.29, 0.717) is 5.06 Å². The van der Waals surface area contributed by atoms with Crippen molar-refractivity contribution in [2.24, 2.45) is 23.3 Å². The maximum absolute atomic E-state index is 14.7. The number of urea groups is 1. The number of ether oxygens (including phenoxy) is 1. The molecular formula is C50H87N11O16. The quantitative estimate of drug-likeness (QED) is 0.0132. The lowest BCUT2D eigenvalue weighted by atomic mass is 9.92. The summed E-state index contributed by atoms with van der Waals surface area (Å²) in [6, 6.07) is -11.4. The van der Waals surface area contributed by atoms with Gasteiger partial charge in [-0.1, -0.05) is 71.1 Å². The molecule has 9 amide bonds. The summed E-state index contributed by atoms with van der Waals surface area (Å²) in [7, 11) is 0. The first kappa shape index (κ1) is 68.6. The van der Waals surface area contributed by atoms with Gasteiger partial charge in [-0.25, -0.2) is 19.4 Å². The van der Waals surface area contributed by atoms with E-state index in [2.05, 4.69) is 57.6 Å². The number of aliphatic hydroxyl groups excluding tert-OH is 2. The van der Waals surface area contributed by atoms with Crippen molar-refractivity contribution in [3.05, 3.63) is 24.9 Å². The molecule has 0 aromatic heterocycles. The number of hydrogen-bond acceptors (Lipinski definition) is 17. The number of cyclic esters (lactones) is 1. The molecule has 0 aromatic carbocycles. The summed E-state index contributed by atoms with van der Waals surface area (Å²) < 4.78 is 6.09. The van der Waals surface area contributed by atoms with Gasteiger partial charge in [-0.15, -0.1) is 0 Å². The minimum Gasteiger partial charge on any atom is -0.479 e. The molecule has 1 aliphatic heterocycles. The van der Waals surface area contributed by atoms with Crippen LogP contribution in [0.2, 0.25) is 0 Å². The molecule has 0 aromatic rings. The molecule has 77 heavy (non-hydrogen) atoms. The standard InChI is InChI=1S/C50H87N11O16/c1-6-8-9-10-11-12-19-31(3)20-13-14-25-39(64)54-34(23-17-28-60(75)7-2)42-32(4)43(66)59-40(41(65)48(71)72)47(70)58-38(30-62)46(69)56-35(21-15-26-51)44(67)55-36(22-16-27-53-50(52)74)45(68)57-37(49(73)77-42)24-18-29-61(76)33(5)63/h7,13,20,31-32,34-38,40-42,62,65,75-76H,2,6,8-12,14-19,21-30,51H2,1,3-5H3,(H,54,64)(H,55,67)(H,56,69)(H,57,68)(H,58,70)(H,59,66)(H,71,72)(H3,52,53,74)/b20-13+. The van der Waals surface area contributed by atoms with Crippen molar-refractivity contribution in [3.63, 3.8) is 0 Å². The minimum atomic E-state index is -2.70. The van der Waals surface area contributed by atoms with Crippen LogP contribution in [-0.4, -0.2) is 176 Å². The number of aliphatic carboxylic acids is 1. The second kappa shape index (κ2) is 38.2. The van der Waals surface area contributed by atoms with E-state index in [9.17, 15) is 73.7 Å². The van der Waals surface area contributed by atoms with Crippen LogP contribution in [-0.2, 0) is 47.9 Å². The molecule has 0 aliphatic carbocycles. The molecule has 10 unspecified atom stereocenters. The molecule has 1 rings (SSSR count). The van der Waals surface area contributed by atoms with Gasteiger partial charge in [0.05, 0.1) is 18.6 Å². The highest BCUT2D eigenvalue weighted by Gasteiger charge is 2.42. The van der Waals surface area contributed by atoms with Crippen LogP contribution >= 0.6 is 0 Å². The Morgan fingerprint density at radius 3 is 1.95 bits per heavy atom. The summed E-state index contributed by atoms with van der Waals surface area (Å²) in [4.78, 5) is 134. The zero-order valence-corrected chi connectivity index (χ0v) is 45.0. The summed E-state index contributed by atoms with van der Waals surface area (Å²) in [5.74, 6) is -12.0. The van der Waals surface area contributed by atoms with Gasteiger partial charge < -0.3 is 68.7 Å². The number of amides is 9. The monoisotopic (exact) mass is 1100 g/mol. The van der Waals surface area contributed by atoms with Crippen LogP contribution in [0.5, 0.6) is 0 Å². The van der Waals surface area contributed by atoms with Crippen molar-refractivity contribution in [2.45, 2.75) is 185 Å². The van der Waals surface area contributed by atoms with E-state index in [1.54, 1.807) is 0 Å². The molecule has 438 valence electrons. The van der Waals surface area contributed by atoms with Crippen molar-refractivity contribution >= 4 is 59.3 Å². The molecule has 1 heterocycles. The normalized spacial score (nSPS) is 22.2. The highest BCUT2D eigenvalue weighted by atomic mass is 16.5. The predicted octanol–water partition coefficient (Wildman–Crippen LogP) is -0.562. The second-order valence-electron chi connectivity index (χ2n) is 19.2. The van der Waals surface area contributed by atoms with Crippen molar-refractivity contribution in [1.82, 2.24) is 47.3 Å². The van der Waals surface area contributed by atoms with Crippen molar-refractivity contribution in [3.8, 4) is 0 Å². The van der Waals surface area contributed by atoms with Gasteiger partial charge >= 0.3 is 18.0 Å². The molecule has 0 bridgehead atoms. The van der Waals surface area contributed by atoms with Crippen LogP contribution in [0.1, 0.15) is 137 Å². The Labute approximate surface area is 450 Å². The highest BCUT2D eigenvalue weighted by Crippen LogP contribution is 2.21. The zero-order chi connectivity index (χ0) is 58.0. The molecule has 1 fully saturated rings. The van der Waals surface area contributed by atoms with E-state index >= 15 is 0 Å². The van der Waals surface area contributed by atoms with E-state index < -0.39 is 120 Å². The van der Waals surface area contributed by atoms with E-state index in [1.807, 2.05) is 12.2 Å². The number of hydroxylamine groups is 4. The fraction of sp³-hybridized carbons (Fsp3) is 0.720. The summed E-state index contributed by atoms with van der Waals surface area (Å²) >= 11 is 0. The number of rotatable bonds is 32. The minimum absolute atomic E-state index is 0.00246. The molecule has 0 spiro atoms. The number of carboxylic acids is 1. The molecule has 0 saturated carbocycles. The van der Waals surface area contributed by atoms with Gasteiger partial charge in [0, 0.05) is 39.2 Å². The topological polar surface area (TPSA) is 424 Å². The van der Waals surface area contributed by atoms with Crippen LogP contribution in [0, 0.1) is 11.8 Å². The van der Waals surface area contributed by atoms with Gasteiger partial charge in [0.2, 0.25) is 41.4 Å². The molecule has 0 radical (unpaired) electrons. The van der Waals surface area contributed by atoms with Crippen LogP contribution < -0.4 is 48.7 Å². The number of carbonyl (C=O) groups excluding carboxylic acids is 9. The molecule has 10 atom stereocenters. The number of aliphatic hydroxyl groups is 2. The molecule has 1 aliphatic rings. The van der Waals surface area contributed by atoms with E-state index in [1.165, 1.54) is 19.8 Å². The number of carbonyl (C=O) groups is 10. The van der Waals surface area contributed by atoms with Crippen LogP contribution in [0.3, 0.4) is 0 Å². The lowest BCUT2D eigenvalue weighted by molar-refractivity contribution is -0.164. The number of hydrogen-bond donors (Lipinski definition) is 14. The highest BCUT2D eigenvalue weighted by molar-refractivity contribution is 5.98. The van der Waals surface area contributed by atoms with Crippen LogP contribution in [0.4, 0.5) is 4.79 Å². The predicted molar refractivity (Wildman–Crippen MR) is 278 cm³/mol. The van der Waals surface area contributed by atoms with Gasteiger partial charge in [-0.05, 0) is 83.6 Å². The van der Waals surface area contributed by atoms with Crippen molar-refractivity contribution < 1.29 is 78.4 Å². The Kier molecular flexibility index (Phi) is 34.0. The summed E-state index contributed by atoms with van der Waals surface area (Å²) in [5, 5.41) is 69.2. The first-order valence-electron chi connectivity index (χ1n) is 26.5. The lowest BCUT2D eigenvalue weighted by Crippen LogP contribution is -2.62. The van der Waals surface area contributed by atoms with Crippen LogP contribution in [0.25, 0.3) is 0 Å². The summed E-state index contributed by atoms with van der Waals surface area (Å²) in [5.41, 5.74) is 10.9. The van der Waals surface area contributed by atoms with Crippen molar-refractivity contribution in [1.29, 1.82) is 0 Å². The maximum atomic E-state index is 14.7. The van der Waals surface area contributed by atoms with Gasteiger partial charge in [0.15, 0.2) is 6.10 Å². The van der Waals surface area contributed by atoms with Gasteiger partial charge in [0.25, 0.3) is 0 Å². The van der Waals surface area contributed by atoms with Crippen molar-refractivity contribution in [2.75, 3.05) is 32.8 Å². The Morgan fingerprint density at radius 2 is 1.36 bits per heavy atom. The van der Waals surface area contributed by atoms with E-state index in [-0.39, 0.29) is 96.3 Å². The third-order valence-corrected chi connectivity index (χ3v) is 12.8. The van der Waals surface area contributed by atoms with E-state index in [0.717, 1.165) is 50.3 Å². The van der Waals surface area contributed by atoms with Gasteiger partial charge in [0.1, 0.15) is 36.3 Å². The Hall–Kier alpha value is -6.42. The second-order valence-corrected chi connectivity index (χ2v) is 19.2. The molecule has 27 heteroatoms. The Balaban J connectivity index is 4.08. The Morgan fingerprint density at radius 1 is 0.779 bits per heavy atom. The number of allylic oxidation sites excluding steroid dienone is 2. The third kappa shape index (κ3) is 27.5. The molecule has 16 N–H and O–H groups in total. The third-order valence-electron chi connectivity index (χ3n) is 12.8. The number of unbranched alkanes of at least 4 members (excludes halogenated alkanes) is 5. The Bertz CT molecular complexity index is 1950. The van der Waals surface area contributed by atoms with Gasteiger partial charge in [-0.3, -0.25) is 49.0 Å². The summed E-state index contributed by atoms with van der Waals surface area (Å²) in [6.45, 7) is 8.28. The number of esters is 1. The molecular weight excluding hydrogens is 1010 g/mol. The first-order valence-corrected chi connectivity index (χ1v) is 26.5. The van der Waals surface area contributed by atoms with Crippen LogP contribution in [0.15, 0.2) is 24.9 Å². The first-order chi connectivity index (χ1) is 36.5. The molecule has 1 saturated heterocycles. The molecule has 27 nitrogen and oxygen atoms in total. The SMILES string of the molecule is C=CN(O)CCCC(NC(=O)CC/C=C/C(C)CCCCCCCC)C1OC(=O)C(CCCN(O)C(C)=O)NC(=O)C(CCCNC(N)=O)NC(=O)C(CCCN)NC(=O)C(CO)NC(=O)C(C(O)C(=O)O)NC(=O)C1C. The fourth-order valence-electron chi connectivity index (χ4n) is 8.16. The maximum Gasteiger partial charge on any atom is 0.335 e. The number of nitrogens with zero attached hydrogens (tertiary/aromatic N) is 2. The number of nitrogens with two attached hydrogens (primary N) is 2. The summed E-state index contributed by atoms with van der Waals surface area (Å²) in [6.07, 6.45) is 7.51. The van der Waals surface area contributed by atoms with E-state index in [4.69, 9.17) is 16.2 Å². The number of carboxylic acid groups (broad SMARTS) is 1. The smallest absolute Gasteiger partial charge is 0.335 e. The average Bonchev–Trinajstić information content (AvgIpc) is 3.38. The van der Waals surface area contributed by atoms with Gasteiger partial charge in [-0.2, -0.15) is 0 Å². The number of primary amides is 1.